The van der Waals surface area contributed by atoms with Crippen LogP contribution >= 0.6 is 11.6 Å². The average molecular weight is 391 g/mol. The predicted molar refractivity (Wildman–Crippen MR) is 81.5 cm³/mol. The van der Waals surface area contributed by atoms with Crippen molar-refractivity contribution in [2.75, 3.05) is 0 Å². The van der Waals surface area contributed by atoms with Crippen molar-refractivity contribution in [1.82, 2.24) is 0 Å². The maximum absolute atomic E-state index is 12.7. The van der Waals surface area contributed by atoms with Gasteiger partial charge in [-0.05, 0) is 29.8 Å². The molecule has 8 nitrogen and oxygen atoms in total. The molecule has 0 aromatic heterocycles. The number of alkyl halides is 3. The van der Waals surface area contributed by atoms with E-state index in [-0.39, 0.29) is 6.07 Å². The Morgan fingerprint density at radius 2 is 1.62 bits per heavy atom. The molecule has 2 aromatic carbocycles. The zero-order valence-electron chi connectivity index (χ0n) is 12.3. The van der Waals surface area contributed by atoms with Crippen molar-refractivity contribution in [2.45, 2.75) is 6.18 Å². The van der Waals surface area contributed by atoms with Crippen LogP contribution in [0.4, 0.5) is 24.5 Å². The van der Waals surface area contributed by atoms with Crippen molar-refractivity contribution in [2.24, 2.45) is 0 Å². The van der Waals surface area contributed by atoms with Gasteiger partial charge in [0.05, 0.1) is 15.4 Å². The van der Waals surface area contributed by atoms with Crippen LogP contribution in [-0.2, 0) is 6.18 Å². The van der Waals surface area contributed by atoms with Gasteiger partial charge < -0.3 is 4.74 Å². The summed E-state index contributed by atoms with van der Waals surface area (Å²) < 4.78 is 43.2. The topological polar surface area (TPSA) is 113 Å². The average Bonchev–Trinajstić information content (AvgIpc) is 2.53. The van der Waals surface area contributed by atoms with E-state index in [0.29, 0.717) is 12.1 Å². The highest BCUT2D eigenvalue weighted by atomic mass is 35.5. The summed E-state index contributed by atoms with van der Waals surface area (Å²) in [4.78, 5) is 31.4. The lowest BCUT2D eigenvalue weighted by Gasteiger charge is -2.11. The molecule has 2 aromatic rings. The van der Waals surface area contributed by atoms with Crippen molar-refractivity contribution in [3.05, 3.63) is 67.8 Å². The van der Waals surface area contributed by atoms with Gasteiger partial charge in [0.25, 0.3) is 10.9 Å². The molecule has 136 valence electrons. The maximum atomic E-state index is 12.7. The van der Waals surface area contributed by atoms with Crippen molar-refractivity contribution in [3.63, 3.8) is 0 Å². The molecule has 0 aliphatic rings. The standard InChI is InChI=1S/C14H6ClF3N2O6/c15-13(21)12-8(19(22)23)2-1-3-11(12)26-10-5-4-7(14(16,17)18)6-9(10)20(24)25/h1-6H. The smallest absolute Gasteiger partial charge is 0.416 e. The fourth-order valence-corrected chi connectivity index (χ4v) is 2.19. The third-order valence-corrected chi connectivity index (χ3v) is 3.29. The Morgan fingerprint density at radius 1 is 1.00 bits per heavy atom. The zero-order chi connectivity index (χ0) is 19.6. The first kappa shape index (κ1) is 19.1. The van der Waals surface area contributed by atoms with Crippen molar-refractivity contribution < 1.29 is 32.5 Å². The fourth-order valence-electron chi connectivity index (χ4n) is 2.00. The number of hydrogen-bond donors (Lipinski definition) is 0. The minimum Gasteiger partial charge on any atom is -0.449 e. The molecule has 0 bridgehead atoms. The SMILES string of the molecule is O=C(Cl)c1c(Oc2ccc(C(F)(F)F)cc2[N+](=O)[O-])cccc1[N+](=O)[O-]. The normalized spacial score (nSPS) is 11.1. The lowest BCUT2D eigenvalue weighted by atomic mass is 10.1. The second-order valence-corrected chi connectivity index (χ2v) is 5.06. The number of carbonyl (C=O) groups excluding carboxylic acids is 1. The summed E-state index contributed by atoms with van der Waals surface area (Å²) in [5.74, 6) is -1.16. The van der Waals surface area contributed by atoms with E-state index in [4.69, 9.17) is 16.3 Å². The molecule has 0 N–H and O–H groups in total. The first-order valence-corrected chi connectivity index (χ1v) is 6.91. The lowest BCUT2D eigenvalue weighted by Crippen LogP contribution is -2.06. The molecule has 0 heterocycles. The highest BCUT2D eigenvalue weighted by Gasteiger charge is 2.34. The molecular formula is C14H6ClF3N2O6. The third-order valence-electron chi connectivity index (χ3n) is 3.10. The number of halogens is 4. The molecule has 0 fully saturated rings. The number of hydrogen-bond acceptors (Lipinski definition) is 6. The summed E-state index contributed by atoms with van der Waals surface area (Å²) in [5, 5.41) is 20.7. The van der Waals surface area contributed by atoms with Crippen LogP contribution in [0.1, 0.15) is 15.9 Å². The molecule has 2 rings (SSSR count). The van der Waals surface area contributed by atoms with Crippen molar-refractivity contribution >= 4 is 28.2 Å². The maximum Gasteiger partial charge on any atom is 0.416 e. The van der Waals surface area contributed by atoms with Crippen LogP contribution in [0.15, 0.2) is 36.4 Å². The van der Waals surface area contributed by atoms with Crippen molar-refractivity contribution in [1.29, 1.82) is 0 Å². The molecule has 0 atom stereocenters. The van der Waals surface area contributed by atoms with Crippen LogP contribution in [0.3, 0.4) is 0 Å². The Morgan fingerprint density at radius 3 is 2.12 bits per heavy atom. The number of nitrogens with zero attached hydrogens (tertiary/aromatic N) is 2. The van der Waals surface area contributed by atoms with Gasteiger partial charge in [-0.15, -0.1) is 0 Å². The monoisotopic (exact) mass is 390 g/mol. The molecule has 0 unspecified atom stereocenters. The van der Waals surface area contributed by atoms with E-state index in [9.17, 15) is 38.2 Å². The Bertz CT molecular complexity index is 916. The lowest BCUT2D eigenvalue weighted by molar-refractivity contribution is -0.386. The number of nitro groups is 2. The highest BCUT2D eigenvalue weighted by molar-refractivity contribution is 6.68. The highest BCUT2D eigenvalue weighted by Crippen LogP contribution is 2.40. The predicted octanol–water partition coefficient (Wildman–Crippen LogP) is 4.69. The summed E-state index contributed by atoms with van der Waals surface area (Å²) in [6, 6.07) is 4.57. The zero-order valence-corrected chi connectivity index (χ0v) is 13.1. The second-order valence-electron chi connectivity index (χ2n) is 4.72. The number of rotatable bonds is 5. The Labute approximate surface area is 147 Å². The molecular weight excluding hydrogens is 385 g/mol. The quantitative estimate of drug-likeness (QED) is 0.415. The van der Waals surface area contributed by atoms with Gasteiger partial charge in [-0.2, -0.15) is 13.2 Å². The van der Waals surface area contributed by atoms with Gasteiger partial charge in [0.15, 0.2) is 5.56 Å². The van der Waals surface area contributed by atoms with Gasteiger partial charge in [0.2, 0.25) is 5.75 Å². The van der Waals surface area contributed by atoms with Gasteiger partial charge in [0.1, 0.15) is 5.75 Å². The Hall–Kier alpha value is -3.21. The van der Waals surface area contributed by atoms with E-state index in [1.165, 1.54) is 0 Å². The van der Waals surface area contributed by atoms with E-state index in [0.717, 1.165) is 18.2 Å². The fraction of sp³-hybridized carbons (Fsp3) is 0.0714. The number of benzene rings is 2. The largest absolute Gasteiger partial charge is 0.449 e. The minimum atomic E-state index is -4.83. The molecule has 0 saturated carbocycles. The van der Waals surface area contributed by atoms with Crippen molar-refractivity contribution in [3.8, 4) is 11.5 Å². The summed E-state index contributed by atoms with van der Waals surface area (Å²) in [6.07, 6.45) is -4.83. The number of ether oxygens (including phenoxy) is 1. The van der Waals surface area contributed by atoms with E-state index in [1.54, 1.807) is 0 Å². The summed E-state index contributed by atoms with van der Waals surface area (Å²) in [5.41, 5.74) is -3.74. The summed E-state index contributed by atoms with van der Waals surface area (Å²) in [7, 11) is 0. The van der Waals surface area contributed by atoms with E-state index in [1.807, 2.05) is 0 Å². The van der Waals surface area contributed by atoms with Gasteiger partial charge in [-0.3, -0.25) is 25.0 Å². The Balaban J connectivity index is 2.59. The first-order chi connectivity index (χ1) is 12.0. The number of carbonyl (C=O) groups is 1. The number of nitro benzene ring substituents is 2. The summed E-state index contributed by atoms with van der Waals surface area (Å²) in [6.45, 7) is 0. The summed E-state index contributed by atoms with van der Waals surface area (Å²) >= 11 is 5.31. The van der Waals surface area contributed by atoms with Crippen LogP contribution in [0, 0.1) is 20.2 Å². The molecule has 0 amide bonds. The van der Waals surface area contributed by atoms with Crippen LogP contribution < -0.4 is 4.74 Å². The first-order valence-electron chi connectivity index (χ1n) is 6.53. The molecule has 0 saturated heterocycles. The molecule has 0 spiro atoms. The molecule has 0 radical (unpaired) electrons. The third kappa shape index (κ3) is 3.88. The second kappa shape index (κ2) is 6.96. The van der Waals surface area contributed by atoms with Crippen LogP contribution in [-0.4, -0.2) is 15.1 Å². The van der Waals surface area contributed by atoms with Gasteiger partial charge >= 0.3 is 11.9 Å². The molecule has 12 heteroatoms. The van der Waals surface area contributed by atoms with E-state index < -0.39 is 55.3 Å². The molecule has 0 aliphatic heterocycles. The van der Waals surface area contributed by atoms with Crippen LogP contribution in [0.5, 0.6) is 11.5 Å². The van der Waals surface area contributed by atoms with Crippen LogP contribution in [0.25, 0.3) is 0 Å². The molecule has 26 heavy (non-hydrogen) atoms. The molecule has 0 aliphatic carbocycles. The van der Waals surface area contributed by atoms with Gasteiger partial charge in [0, 0.05) is 12.1 Å². The minimum absolute atomic E-state index is 0.245. The van der Waals surface area contributed by atoms with Gasteiger partial charge in [-0.1, -0.05) is 6.07 Å². The van der Waals surface area contributed by atoms with E-state index >= 15 is 0 Å². The van der Waals surface area contributed by atoms with Gasteiger partial charge in [-0.25, -0.2) is 0 Å². The van der Waals surface area contributed by atoms with Crippen LogP contribution in [0.2, 0.25) is 0 Å². The Kier molecular flexibility index (Phi) is 5.12. The van der Waals surface area contributed by atoms with E-state index in [2.05, 4.69) is 0 Å².